The number of nitro benzene ring substituents is 1. The van der Waals surface area contributed by atoms with E-state index >= 15 is 0 Å². The Hall–Kier alpha value is -2.68. The third-order valence-corrected chi connectivity index (χ3v) is 5.32. The molecule has 3 rings (SSSR count). The molecular weight excluding hydrogens is 423 g/mol. The number of anilines is 1. The number of thiazole rings is 1. The van der Waals surface area contributed by atoms with E-state index in [4.69, 9.17) is 27.9 Å². The van der Waals surface area contributed by atoms with E-state index in [0.717, 1.165) is 11.3 Å². The van der Waals surface area contributed by atoms with Crippen molar-refractivity contribution in [1.82, 2.24) is 4.98 Å². The van der Waals surface area contributed by atoms with Gasteiger partial charge in [-0.1, -0.05) is 29.3 Å². The predicted molar refractivity (Wildman–Crippen MR) is 113 cm³/mol. The first-order chi connectivity index (χ1) is 13.4. The minimum absolute atomic E-state index is 0.120. The Labute approximate surface area is 174 Å². The van der Waals surface area contributed by atoms with Crippen molar-refractivity contribution in [3.05, 3.63) is 67.5 Å². The number of aromatic nitrogens is 1. The lowest BCUT2D eigenvalue weighted by Gasteiger charge is -2.05. The molecule has 3 aromatic rings. The van der Waals surface area contributed by atoms with Crippen LogP contribution in [0.25, 0.3) is 11.3 Å². The minimum atomic E-state index is -0.493. The maximum absolute atomic E-state index is 11.2. The Balaban J connectivity index is 1.78. The van der Waals surface area contributed by atoms with Crippen LogP contribution in [0.5, 0.6) is 5.75 Å². The fourth-order valence-corrected chi connectivity index (χ4v) is 3.33. The largest absolute Gasteiger partial charge is 0.490 e. The van der Waals surface area contributed by atoms with Gasteiger partial charge >= 0.3 is 5.69 Å². The summed E-state index contributed by atoms with van der Waals surface area (Å²) in [5.41, 5.74) is 5.49. The Morgan fingerprint density at radius 2 is 2.04 bits per heavy atom. The SMILES string of the molecule is COc1ccc(C(C)=NNc2nc(-c3ccc(Cl)c(Cl)c3)cs2)cc1[N+](=O)[O-]. The number of methoxy groups -OCH3 is 1. The van der Waals surface area contributed by atoms with Crippen LogP contribution in [-0.4, -0.2) is 22.7 Å². The lowest BCUT2D eigenvalue weighted by atomic mass is 10.1. The van der Waals surface area contributed by atoms with Gasteiger partial charge in [0.15, 0.2) is 5.75 Å². The molecule has 10 heteroatoms. The summed E-state index contributed by atoms with van der Waals surface area (Å²) in [5, 5.41) is 18.8. The Morgan fingerprint density at radius 3 is 2.71 bits per heavy atom. The highest BCUT2D eigenvalue weighted by atomic mass is 35.5. The summed E-state index contributed by atoms with van der Waals surface area (Å²) < 4.78 is 5.01. The lowest BCUT2D eigenvalue weighted by molar-refractivity contribution is -0.385. The number of ether oxygens (including phenoxy) is 1. The van der Waals surface area contributed by atoms with E-state index in [-0.39, 0.29) is 11.4 Å². The fraction of sp³-hybridized carbons (Fsp3) is 0.111. The van der Waals surface area contributed by atoms with Crippen LogP contribution in [0.1, 0.15) is 12.5 Å². The summed E-state index contributed by atoms with van der Waals surface area (Å²) in [4.78, 5) is 15.1. The highest BCUT2D eigenvalue weighted by molar-refractivity contribution is 7.14. The highest BCUT2D eigenvalue weighted by Gasteiger charge is 2.16. The summed E-state index contributed by atoms with van der Waals surface area (Å²) >= 11 is 13.4. The van der Waals surface area contributed by atoms with Gasteiger partial charge in [-0.3, -0.25) is 15.5 Å². The smallest absolute Gasteiger partial charge is 0.311 e. The molecule has 0 bridgehead atoms. The van der Waals surface area contributed by atoms with E-state index in [1.807, 2.05) is 11.4 Å². The molecule has 0 saturated carbocycles. The Kier molecular flexibility index (Phi) is 6.13. The van der Waals surface area contributed by atoms with E-state index in [1.54, 1.807) is 25.1 Å². The molecule has 0 spiro atoms. The number of nitrogens with one attached hydrogen (secondary N) is 1. The molecule has 0 saturated heterocycles. The number of nitrogens with zero attached hydrogens (tertiary/aromatic N) is 3. The van der Waals surface area contributed by atoms with Crippen LogP contribution in [0.3, 0.4) is 0 Å². The zero-order valence-electron chi connectivity index (χ0n) is 14.8. The number of halogens is 2. The Bertz CT molecular complexity index is 1070. The minimum Gasteiger partial charge on any atom is -0.490 e. The second-order valence-corrected chi connectivity index (χ2v) is 7.29. The standard InChI is InChI=1S/C18H14Cl2N4O3S/c1-10(11-4-6-17(27-2)16(8-11)24(25)26)22-23-18-21-15(9-28-18)12-3-5-13(19)14(20)7-12/h3-9H,1-2H3,(H,21,23). The topological polar surface area (TPSA) is 89.7 Å². The number of hydrogen-bond acceptors (Lipinski definition) is 7. The lowest BCUT2D eigenvalue weighted by Crippen LogP contribution is -2.02. The van der Waals surface area contributed by atoms with E-state index in [2.05, 4.69) is 15.5 Å². The normalized spacial score (nSPS) is 11.4. The molecule has 28 heavy (non-hydrogen) atoms. The fourth-order valence-electron chi connectivity index (χ4n) is 2.37. The average molecular weight is 437 g/mol. The van der Waals surface area contributed by atoms with Crippen LogP contribution in [-0.2, 0) is 0 Å². The van der Waals surface area contributed by atoms with Gasteiger partial charge in [0.05, 0.1) is 33.5 Å². The number of nitro groups is 1. The second kappa shape index (κ2) is 8.55. The van der Waals surface area contributed by atoms with Crippen LogP contribution in [0.2, 0.25) is 10.0 Å². The molecule has 0 aliphatic carbocycles. The second-order valence-electron chi connectivity index (χ2n) is 5.62. The number of hydrazone groups is 1. The van der Waals surface area contributed by atoms with E-state index in [1.165, 1.54) is 30.6 Å². The molecule has 0 amide bonds. The van der Waals surface area contributed by atoms with E-state index < -0.39 is 4.92 Å². The summed E-state index contributed by atoms with van der Waals surface area (Å²) in [6, 6.07) is 9.95. The maximum atomic E-state index is 11.2. The molecule has 0 fully saturated rings. The molecule has 1 aromatic heterocycles. The van der Waals surface area contributed by atoms with Crippen molar-refractivity contribution < 1.29 is 9.66 Å². The maximum Gasteiger partial charge on any atom is 0.311 e. The van der Waals surface area contributed by atoms with Gasteiger partial charge < -0.3 is 4.74 Å². The molecular formula is C18H14Cl2N4O3S. The zero-order chi connectivity index (χ0) is 20.3. The van der Waals surface area contributed by atoms with Crippen LogP contribution in [0.15, 0.2) is 46.9 Å². The Morgan fingerprint density at radius 1 is 1.25 bits per heavy atom. The van der Waals surface area contributed by atoms with E-state index in [9.17, 15) is 10.1 Å². The molecule has 0 atom stereocenters. The summed E-state index contributed by atoms with van der Waals surface area (Å²) in [7, 11) is 1.39. The molecule has 7 nitrogen and oxygen atoms in total. The summed E-state index contributed by atoms with van der Waals surface area (Å²) in [6.45, 7) is 1.74. The summed E-state index contributed by atoms with van der Waals surface area (Å²) in [6.07, 6.45) is 0. The first-order valence-electron chi connectivity index (χ1n) is 7.93. The van der Waals surface area contributed by atoms with Crippen molar-refractivity contribution in [2.75, 3.05) is 12.5 Å². The zero-order valence-corrected chi connectivity index (χ0v) is 17.1. The molecule has 0 aliphatic rings. The molecule has 0 unspecified atom stereocenters. The van der Waals surface area contributed by atoms with Crippen molar-refractivity contribution in [1.29, 1.82) is 0 Å². The van der Waals surface area contributed by atoms with Crippen molar-refractivity contribution in [2.24, 2.45) is 5.10 Å². The van der Waals surface area contributed by atoms with Crippen molar-refractivity contribution >= 4 is 51.1 Å². The van der Waals surface area contributed by atoms with Gasteiger partial charge in [-0.2, -0.15) is 5.10 Å². The first kappa shape index (κ1) is 20.1. The monoisotopic (exact) mass is 436 g/mol. The third kappa shape index (κ3) is 4.41. The van der Waals surface area contributed by atoms with Crippen LogP contribution < -0.4 is 10.2 Å². The quantitative estimate of drug-likeness (QED) is 0.296. The molecule has 0 radical (unpaired) electrons. The van der Waals surface area contributed by atoms with Crippen molar-refractivity contribution in [2.45, 2.75) is 6.92 Å². The van der Waals surface area contributed by atoms with Gasteiger partial charge in [0.25, 0.3) is 0 Å². The van der Waals surface area contributed by atoms with Gasteiger partial charge in [-0.25, -0.2) is 4.98 Å². The number of hydrogen-bond donors (Lipinski definition) is 1. The third-order valence-electron chi connectivity index (χ3n) is 3.83. The molecule has 2 aromatic carbocycles. The van der Waals surface area contributed by atoms with Crippen molar-refractivity contribution in [3.8, 4) is 17.0 Å². The highest BCUT2D eigenvalue weighted by Crippen LogP contribution is 2.31. The van der Waals surface area contributed by atoms with E-state index in [0.29, 0.717) is 26.5 Å². The van der Waals surface area contributed by atoms with Gasteiger partial charge in [0.1, 0.15) is 0 Å². The van der Waals surface area contributed by atoms with Crippen LogP contribution in [0.4, 0.5) is 10.8 Å². The molecule has 1 heterocycles. The number of benzene rings is 2. The predicted octanol–water partition coefficient (Wildman–Crippen LogP) is 5.87. The van der Waals surface area contributed by atoms with Gasteiger partial charge in [0, 0.05) is 22.6 Å². The van der Waals surface area contributed by atoms with Crippen LogP contribution >= 0.6 is 34.5 Å². The molecule has 144 valence electrons. The van der Waals surface area contributed by atoms with Gasteiger partial charge in [-0.15, -0.1) is 11.3 Å². The number of rotatable bonds is 6. The average Bonchev–Trinajstić information content (AvgIpc) is 3.16. The van der Waals surface area contributed by atoms with Gasteiger partial charge in [0.2, 0.25) is 5.13 Å². The van der Waals surface area contributed by atoms with Crippen LogP contribution in [0, 0.1) is 10.1 Å². The summed E-state index contributed by atoms with van der Waals surface area (Å²) in [5.74, 6) is 0.195. The molecule has 1 N–H and O–H groups in total. The first-order valence-corrected chi connectivity index (χ1v) is 9.56. The molecule has 0 aliphatic heterocycles. The van der Waals surface area contributed by atoms with Gasteiger partial charge in [-0.05, 0) is 31.2 Å². The van der Waals surface area contributed by atoms with Crippen molar-refractivity contribution in [3.63, 3.8) is 0 Å².